The van der Waals surface area contributed by atoms with Gasteiger partial charge in [-0.25, -0.2) is 0 Å². The van der Waals surface area contributed by atoms with E-state index in [0.717, 1.165) is 34.5 Å². The van der Waals surface area contributed by atoms with E-state index in [-0.39, 0.29) is 5.91 Å². The first kappa shape index (κ1) is 13.8. The molecule has 23 heavy (non-hydrogen) atoms. The maximum Gasteiger partial charge on any atom is 0.232 e. The van der Waals surface area contributed by atoms with Gasteiger partial charge in [0.05, 0.1) is 11.6 Å². The van der Waals surface area contributed by atoms with Crippen LogP contribution in [0.15, 0.2) is 24.4 Å². The quantitative estimate of drug-likeness (QED) is 0.790. The third-order valence-electron chi connectivity index (χ3n) is 5.00. The van der Waals surface area contributed by atoms with Gasteiger partial charge in [-0.05, 0) is 37.0 Å². The number of nitriles is 1. The van der Waals surface area contributed by atoms with Gasteiger partial charge in [-0.3, -0.25) is 9.89 Å². The van der Waals surface area contributed by atoms with Gasteiger partial charge in [0.25, 0.3) is 0 Å². The van der Waals surface area contributed by atoms with Crippen LogP contribution in [0.2, 0.25) is 0 Å². The van der Waals surface area contributed by atoms with E-state index in [1.807, 2.05) is 13.0 Å². The summed E-state index contributed by atoms with van der Waals surface area (Å²) >= 11 is 0. The summed E-state index contributed by atoms with van der Waals surface area (Å²) in [6, 6.07) is 6.15. The summed E-state index contributed by atoms with van der Waals surface area (Å²) in [5, 5.41) is 19.1. The van der Waals surface area contributed by atoms with Crippen molar-refractivity contribution in [3.63, 3.8) is 0 Å². The van der Waals surface area contributed by atoms with Crippen LogP contribution in [0, 0.1) is 23.8 Å². The first-order chi connectivity index (χ1) is 11.1. The first-order valence-electron chi connectivity index (χ1n) is 7.71. The van der Waals surface area contributed by atoms with Crippen LogP contribution >= 0.6 is 0 Å². The molecular formula is C17H17N5O. The number of likely N-dealkylation sites (tertiary alicyclic amines) is 1. The van der Waals surface area contributed by atoms with Crippen LogP contribution < -0.4 is 5.32 Å². The van der Waals surface area contributed by atoms with E-state index < -0.39 is 5.41 Å². The monoisotopic (exact) mass is 307 g/mol. The number of aromatic nitrogens is 2. The first-order valence-corrected chi connectivity index (χ1v) is 7.71. The van der Waals surface area contributed by atoms with Gasteiger partial charge in [-0.15, -0.1) is 0 Å². The van der Waals surface area contributed by atoms with E-state index in [2.05, 4.69) is 33.8 Å². The average Bonchev–Trinajstić information content (AvgIpc) is 3.15. The van der Waals surface area contributed by atoms with Gasteiger partial charge in [0.2, 0.25) is 5.91 Å². The third-order valence-corrected chi connectivity index (χ3v) is 5.00. The Morgan fingerprint density at radius 2 is 2.30 bits per heavy atom. The Labute approximate surface area is 134 Å². The number of amides is 1. The maximum atomic E-state index is 12.6. The van der Waals surface area contributed by atoms with Gasteiger partial charge in [0, 0.05) is 30.0 Å². The van der Waals surface area contributed by atoms with Crippen LogP contribution in [-0.4, -0.2) is 34.1 Å². The van der Waals surface area contributed by atoms with Crippen molar-refractivity contribution in [1.29, 1.82) is 5.26 Å². The Morgan fingerprint density at radius 3 is 3.00 bits per heavy atom. The van der Waals surface area contributed by atoms with E-state index >= 15 is 0 Å². The van der Waals surface area contributed by atoms with E-state index in [9.17, 15) is 4.79 Å². The van der Waals surface area contributed by atoms with Crippen molar-refractivity contribution in [3.8, 4) is 17.3 Å². The number of anilines is 1. The molecule has 0 saturated carbocycles. The molecule has 4 rings (SSSR count). The highest BCUT2D eigenvalue weighted by Gasteiger charge is 2.47. The zero-order valence-electron chi connectivity index (χ0n) is 12.9. The smallest absolute Gasteiger partial charge is 0.232 e. The van der Waals surface area contributed by atoms with E-state index in [1.54, 1.807) is 11.1 Å². The van der Waals surface area contributed by atoms with E-state index in [1.165, 1.54) is 0 Å². The van der Waals surface area contributed by atoms with Crippen LogP contribution in [0.5, 0.6) is 0 Å². The number of nitrogens with one attached hydrogen (secondary N) is 2. The second-order valence-corrected chi connectivity index (χ2v) is 6.46. The fourth-order valence-electron chi connectivity index (χ4n) is 3.64. The predicted molar refractivity (Wildman–Crippen MR) is 85.3 cm³/mol. The summed E-state index contributed by atoms with van der Waals surface area (Å²) in [5.74, 6) is 0.0313. The number of carbonyl (C=O) groups is 1. The number of rotatable bonds is 1. The molecule has 0 aliphatic carbocycles. The number of hydrogen-bond donors (Lipinski definition) is 2. The van der Waals surface area contributed by atoms with Gasteiger partial charge in [-0.1, -0.05) is 12.1 Å². The molecule has 2 aliphatic heterocycles. The van der Waals surface area contributed by atoms with Crippen molar-refractivity contribution in [1.82, 2.24) is 15.1 Å². The Hall–Kier alpha value is -2.81. The minimum Gasteiger partial charge on any atom is -0.325 e. The highest BCUT2D eigenvalue weighted by molar-refractivity contribution is 5.99. The molecule has 2 aliphatic rings. The summed E-state index contributed by atoms with van der Waals surface area (Å²) in [4.78, 5) is 14.3. The number of benzene rings is 1. The maximum absolute atomic E-state index is 12.6. The second kappa shape index (κ2) is 4.85. The van der Waals surface area contributed by atoms with E-state index in [0.29, 0.717) is 19.5 Å². The van der Waals surface area contributed by atoms with Crippen LogP contribution in [0.25, 0.3) is 11.1 Å². The molecule has 2 aromatic rings. The third kappa shape index (κ3) is 2.08. The normalized spacial score (nSPS) is 22.8. The topological polar surface area (TPSA) is 84.8 Å². The molecule has 1 fully saturated rings. The molecule has 3 heterocycles. The molecule has 6 nitrogen and oxygen atoms in total. The Bertz CT molecular complexity index is 834. The number of H-pyrrole nitrogens is 1. The molecule has 116 valence electrons. The van der Waals surface area contributed by atoms with Crippen molar-refractivity contribution in [3.05, 3.63) is 35.7 Å². The van der Waals surface area contributed by atoms with Gasteiger partial charge in [-0.2, -0.15) is 10.4 Å². The summed E-state index contributed by atoms with van der Waals surface area (Å²) in [6.07, 6.45) is 5.38. The molecule has 1 saturated heterocycles. The van der Waals surface area contributed by atoms with Crippen molar-refractivity contribution in [2.75, 3.05) is 18.4 Å². The number of aryl methyl sites for hydroxylation is 1. The molecule has 1 atom stereocenters. The fraction of sp³-hybridized carbons (Fsp3) is 0.353. The molecule has 6 heteroatoms. The molecule has 2 N–H and O–H groups in total. The van der Waals surface area contributed by atoms with Crippen LogP contribution in [0.1, 0.15) is 17.7 Å². The molecule has 1 aromatic heterocycles. The molecule has 0 radical (unpaired) electrons. The predicted octanol–water partition coefficient (Wildman–Crippen LogP) is 2.05. The average molecular weight is 307 g/mol. The van der Waals surface area contributed by atoms with Gasteiger partial charge < -0.3 is 10.2 Å². The van der Waals surface area contributed by atoms with Crippen LogP contribution in [-0.2, 0) is 11.2 Å². The van der Waals surface area contributed by atoms with Crippen LogP contribution in [0.4, 0.5) is 5.69 Å². The number of nitrogens with zero attached hydrogens (tertiary/aromatic N) is 3. The van der Waals surface area contributed by atoms with Crippen molar-refractivity contribution < 1.29 is 4.79 Å². The zero-order chi connectivity index (χ0) is 16.0. The zero-order valence-corrected chi connectivity index (χ0v) is 12.9. The van der Waals surface area contributed by atoms with Gasteiger partial charge in [0.15, 0.2) is 6.19 Å². The summed E-state index contributed by atoms with van der Waals surface area (Å²) in [5.41, 5.74) is 4.62. The lowest BCUT2D eigenvalue weighted by Crippen LogP contribution is -2.43. The largest absolute Gasteiger partial charge is 0.325 e. The molecule has 0 bridgehead atoms. The Balaban J connectivity index is 1.69. The molecule has 1 aromatic carbocycles. The van der Waals surface area contributed by atoms with Gasteiger partial charge >= 0.3 is 0 Å². The highest BCUT2D eigenvalue weighted by atomic mass is 16.2. The standard InChI is InChI=1S/C17H17N5O/c1-11-14(8-19-21-11)12-2-3-13-7-17(4-5-22(9-17)10-18)16(23)20-15(13)6-12/h2-3,6,8H,4-5,7,9H2,1H3,(H,19,21)(H,20,23). The molecule has 1 amide bonds. The lowest BCUT2D eigenvalue weighted by Gasteiger charge is -2.33. The van der Waals surface area contributed by atoms with Gasteiger partial charge in [0.1, 0.15) is 0 Å². The second-order valence-electron chi connectivity index (χ2n) is 6.46. The van der Waals surface area contributed by atoms with Crippen molar-refractivity contribution >= 4 is 11.6 Å². The highest BCUT2D eigenvalue weighted by Crippen LogP contribution is 2.41. The number of hydrogen-bond acceptors (Lipinski definition) is 4. The van der Waals surface area contributed by atoms with E-state index in [4.69, 9.17) is 5.26 Å². The number of aromatic amines is 1. The lowest BCUT2D eigenvalue weighted by atomic mass is 9.76. The van der Waals surface area contributed by atoms with Crippen molar-refractivity contribution in [2.45, 2.75) is 19.8 Å². The summed E-state index contributed by atoms with van der Waals surface area (Å²) in [7, 11) is 0. The minimum absolute atomic E-state index is 0.0313. The molecule has 1 unspecified atom stereocenters. The minimum atomic E-state index is -0.462. The fourth-order valence-corrected chi connectivity index (χ4v) is 3.64. The summed E-state index contributed by atoms with van der Waals surface area (Å²) < 4.78 is 0. The lowest BCUT2D eigenvalue weighted by molar-refractivity contribution is -0.125. The Kier molecular flexibility index (Phi) is 2.91. The number of carbonyl (C=O) groups excluding carboxylic acids is 1. The Morgan fingerprint density at radius 1 is 1.43 bits per heavy atom. The molecule has 1 spiro atoms. The summed E-state index contributed by atoms with van der Waals surface area (Å²) in [6.45, 7) is 3.15. The SMILES string of the molecule is Cc1[nH]ncc1-c1ccc2c(c1)NC(=O)C1(CCN(C#N)C1)C2. The van der Waals surface area contributed by atoms with Crippen LogP contribution in [0.3, 0.4) is 0 Å². The molecular weight excluding hydrogens is 290 g/mol. The number of fused-ring (bicyclic) bond motifs is 1. The van der Waals surface area contributed by atoms with Crippen molar-refractivity contribution in [2.24, 2.45) is 5.41 Å².